The Hall–Kier alpha value is -3.41. The minimum absolute atomic E-state index is 0.155. The van der Waals surface area contributed by atoms with Gasteiger partial charge in [0.2, 0.25) is 0 Å². The second-order valence-corrected chi connectivity index (χ2v) is 8.13. The number of hydrogen-bond donors (Lipinski definition) is 2. The van der Waals surface area contributed by atoms with Gasteiger partial charge in [0.05, 0.1) is 0 Å². The Bertz CT molecular complexity index is 1040. The maximum Gasteiger partial charge on any atom is 0.341 e. The van der Waals surface area contributed by atoms with Crippen molar-refractivity contribution in [2.75, 3.05) is 13.2 Å². The number of allylic oxidation sites excluding steroid dienone is 1. The number of hydrogen-bond acceptors (Lipinski definition) is 4. The van der Waals surface area contributed by atoms with Crippen LogP contribution in [0.15, 0.2) is 84.4 Å². The number of ether oxygens (including phenoxy) is 1. The smallest absolute Gasteiger partial charge is 0.341 e. The van der Waals surface area contributed by atoms with Crippen molar-refractivity contribution in [2.45, 2.75) is 31.8 Å². The Morgan fingerprint density at radius 1 is 0.909 bits per heavy atom. The van der Waals surface area contributed by atoms with Gasteiger partial charge < -0.3 is 9.84 Å². The lowest BCUT2D eigenvalue weighted by Crippen LogP contribution is -2.21. The first kappa shape index (κ1) is 22.8. The van der Waals surface area contributed by atoms with E-state index in [0.717, 1.165) is 54.5 Å². The summed E-state index contributed by atoms with van der Waals surface area (Å²) in [6, 6.07) is 26.3. The van der Waals surface area contributed by atoms with Gasteiger partial charge in [0.15, 0.2) is 6.61 Å². The number of aliphatic carboxylic acids is 1. The molecule has 4 rings (SSSR count). The van der Waals surface area contributed by atoms with Crippen LogP contribution in [0.3, 0.4) is 0 Å². The summed E-state index contributed by atoms with van der Waals surface area (Å²) in [5.41, 5.74) is 9.01. The SMILES string of the molecule is O=C(O)COc1cccc2c1CCC(CCCNOC(c1ccccc1)c1ccccc1)=C2. The molecular weight excluding hydrogens is 414 g/mol. The average Bonchev–Trinajstić information content (AvgIpc) is 2.85. The quantitative estimate of drug-likeness (QED) is 0.300. The molecule has 3 aromatic rings. The van der Waals surface area contributed by atoms with E-state index in [-0.39, 0.29) is 12.7 Å². The maximum absolute atomic E-state index is 10.8. The van der Waals surface area contributed by atoms with Gasteiger partial charge >= 0.3 is 5.97 Å². The number of nitrogens with one attached hydrogen (secondary N) is 1. The summed E-state index contributed by atoms with van der Waals surface area (Å²) in [5.74, 6) is -0.288. The molecule has 0 spiro atoms. The molecule has 0 radical (unpaired) electrons. The molecule has 0 atom stereocenters. The van der Waals surface area contributed by atoms with E-state index in [1.165, 1.54) is 5.57 Å². The van der Waals surface area contributed by atoms with Gasteiger partial charge in [-0.3, -0.25) is 4.84 Å². The highest BCUT2D eigenvalue weighted by Gasteiger charge is 2.16. The minimum Gasteiger partial charge on any atom is -0.482 e. The number of carboxylic acid groups (broad SMARTS) is 1. The van der Waals surface area contributed by atoms with Crippen LogP contribution in [0.1, 0.15) is 47.6 Å². The normalized spacial score (nSPS) is 12.8. The molecule has 0 aliphatic heterocycles. The summed E-state index contributed by atoms with van der Waals surface area (Å²) in [6.07, 6.45) is 5.83. The number of carbonyl (C=O) groups is 1. The van der Waals surface area contributed by atoms with E-state index in [1.54, 1.807) is 0 Å². The molecule has 1 aliphatic carbocycles. The summed E-state index contributed by atoms with van der Waals surface area (Å²) in [6.45, 7) is 0.438. The monoisotopic (exact) mass is 443 g/mol. The molecule has 0 saturated heterocycles. The molecule has 5 heteroatoms. The van der Waals surface area contributed by atoms with Crippen LogP contribution in [0.5, 0.6) is 5.75 Å². The van der Waals surface area contributed by atoms with E-state index in [9.17, 15) is 4.79 Å². The molecule has 1 aliphatic rings. The second kappa shape index (κ2) is 11.5. The topological polar surface area (TPSA) is 67.8 Å². The van der Waals surface area contributed by atoms with Crippen molar-refractivity contribution in [3.63, 3.8) is 0 Å². The van der Waals surface area contributed by atoms with Crippen LogP contribution in [-0.4, -0.2) is 24.2 Å². The van der Waals surface area contributed by atoms with Crippen LogP contribution in [0.2, 0.25) is 0 Å². The van der Waals surface area contributed by atoms with E-state index in [1.807, 2.05) is 48.5 Å². The number of rotatable bonds is 11. The fraction of sp³-hybridized carbons (Fsp3) is 0.250. The zero-order valence-electron chi connectivity index (χ0n) is 18.6. The molecule has 0 saturated carbocycles. The van der Waals surface area contributed by atoms with Crippen molar-refractivity contribution in [2.24, 2.45) is 0 Å². The van der Waals surface area contributed by atoms with Gasteiger partial charge in [-0.2, -0.15) is 0 Å². The van der Waals surface area contributed by atoms with Crippen molar-refractivity contribution in [1.29, 1.82) is 0 Å². The fourth-order valence-corrected chi connectivity index (χ4v) is 4.15. The molecule has 170 valence electrons. The summed E-state index contributed by atoms with van der Waals surface area (Å²) >= 11 is 0. The molecule has 0 bridgehead atoms. The van der Waals surface area contributed by atoms with Gasteiger partial charge in [0, 0.05) is 12.1 Å². The van der Waals surface area contributed by atoms with Crippen molar-refractivity contribution in [1.82, 2.24) is 5.48 Å². The third kappa shape index (κ3) is 6.31. The highest BCUT2D eigenvalue weighted by Crippen LogP contribution is 2.32. The van der Waals surface area contributed by atoms with E-state index in [0.29, 0.717) is 5.75 Å². The largest absolute Gasteiger partial charge is 0.482 e. The fourth-order valence-electron chi connectivity index (χ4n) is 4.15. The van der Waals surface area contributed by atoms with Gasteiger partial charge in [0.25, 0.3) is 0 Å². The van der Waals surface area contributed by atoms with Gasteiger partial charge in [-0.15, -0.1) is 0 Å². The van der Waals surface area contributed by atoms with Crippen molar-refractivity contribution < 1.29 is 19.5 Å². The Morgan fingerprint density at radius 2 is 1.61 bits per heavy atom. The van der Waals surface area contributed by atoms with Crippen molar-refractivity contribution >= 4 is 12.0 Å². The predicted molar refractivity (Wildman–Crippen MR) is 129 cm³/mol. The van der Waals surface area contributed by atoms with Crippen LogP contribution < -0.4 is 10.2 Å². The zero-order chi connectivity index (χ0) is 22.9. The summed E-state index contributed by atoms with van der Waals surface area (Å²) < 4.78 is 5.45. The third-order valence-corrected chi connectivity index (χ3v) is 5.76. The maximum atomic E-state index is 10.8. The minimum atomic E-state index is -0.962. The lowest BCUT2D eigenvalue weighted by Gasteiger charge is -2.20. The van der Waals surface area contributed by atoms with Gasteiger partial charge in [-0.1, -0.05) is 84.4 Å². The lowest BCUT2D eigenvalue weighted by atomic mass is 9.89. The van der Waals surface area contributed by atoms with Crippen LogP contribution in [0, 0.1) is 0 Å². The standard InChI is InChI=1S/C28H29NO4/c30-27(31)20-32-26-15-7-14-24-19-21(16-17-25(24)26)9-8-18-29-33-28(22-10-3-1-4-11-22)23-12-5-2-6-13-23/h1-7,10-15,19,28-29H,8-9,16-18,20H2,(H,30,31). The Labute approximate surface area is 194 Å². The third-order valence-electron chi connectivity index (χ3n) is 5.76. The summed E-state index contributed by atoms with van der Waals surface area (Å²) in [5, 5.41) is 8.87. The first-order chi connectivity index (χ1) is 16.2. The van der Waals surface area contributed by atoms with Crippen LogP contribution in [0.25, 0.3) is 6.08 Å². The van der Waals surface area contributed by atoms with Crippen molar-refractivity contribution in [3.05, 3.63) is 107 Å². The van der Waals surface area contributed by atoms with E-state index in [4.69, 9.17) is 14.7 Å². The summed E-state index contributed by atoms with van der Waals surface area (Å²) in [7, 11) is 0. The molecule has 0 heterocycles. The highest BCUT2D eigenvalue weighted by molar-refractivity contribution is 5.69. The van der Waals surface area contributed by atoms with Gasteiger partial charge in [-0.05, 0) is 48.4 Å². The molecule has 3 aromatic carbocycles. The molecule has 0 amide bonds. The molecule has 33 heavy (non-hydrogen) atoms. The molecule has 0 aromatic heterocycles. The van der Waals surface area contributed by atoms with Crippen LogP contribution in [-0.2, 0) is 16.1 Å². The first-order valence-corrected chi connectivity index (χ1v) is 11.3. The van der Waals surface area contributed by atoms with E-state index >= 15 is 0 Å². The zero-order valence-corrected chi connectivity index (χ0v) is 18.6. The van der Waals surface area contributed by atoms with E-state index < -0.39 is 5.97 Å². The number of fused-ring (bicyclic) bond motifs is 1. The summed E-state index contributed by atoms with van der Waals surface area (Å²) in [4.78, 5) is 16.9. The number of carboxylic acids is 1. The van der Waals surface area contributed by atoms with Crippen LogP contribution in [0.4, 0.5) is 0 Å². The molecule has 2 N–H and O–H groups in total. The molecule has 0 fully saturated rings. The molecule has 5 nitrogen and oxygen atoms in total. The molecular formula is C28H29NO4. The Balaban J connectivity index is 1.30. The van der Waals surface area contributed by atoms with E-state index in [2.05, 4.69) is 41.9 Å². The van der Waals surface area contributed by atoms with Gasteiger partial charge in [0.1, 0.15) is 11.9 Å². The lowest BCUT2D eigenvalue weighted by molar-refractivity contribution is -0.139. The van der Waals surface area contributed by atoms with Gasteiger partial charge in [-0.25, -0.2) is 10.3 Å². The second-order valence-electron chi connectivity index (χ2n) is 8.13. The first-order valence-electron chi connectivity index (χ1n) is 11.3. The Kier molecular flexibility index (Phi) is 7.90. The van der Waals surface area contributed by atoms with Crippen molar-refractivity contribution in [3.8, 4) is 5.75 Å². The highest BCUT2D eigenvalue weighted by atomic mass is 16.7. The number of hydroxylamine groups is 1. The van der Waals surface area contributed by atoms with Crippen LogP contribution >= 0.6 is 0 Å². The Morgan fingerprint density at radius 3 is 2.27 bits per heavy atom. The average molecular weight is 444 g/mol. The number of benzene rings is 3. The molecule has 0 unspecified atom stereocenters. The predicted octanol–water partition coefficient (Wildman–Crippen LogP) is 5.57.